The third kappa shape index (κ3) is 1.68. The Labute approximate surface area is 59.4 Å². The predicted octanol–water partition coefficient (Wildman–Crippen LogP) is -0.850. The molecule has 0 unspecified atom stereocenters. The summed E-state index contributed by atoms with van der Waals surface area (Å²) in [5.74, 6) is -0.796. The Morgan fingerprint density at radius 3 is 2.80 bits per heavy atom. The van der Waals surface area contributed by atoms with Gasteiger partial charge in [-0.3, -0.25) is 4.79 Å². The van der Waals surface area contributed by atoms with Crippen LogP contribution in [0.5, 0.6) is 0 Å². The standard InChI is InChI=1S/C6H12N2O2/c7-4-1-2-8-5(3-4)6(9)10/h4-5,8H,1-3,7H2,(H,9,10)/t4-,5-/m0/s1. The fourth-order valence-electron chi connectivity index (χ4n) is 1.14. The first-order valence-corrected chi connectivity index (χ1v) is 3.42. The van der Waals surface area contributed by atoms with Crippen molar-refractivity contribution in [3.05, 3.63) is 0 Å². The first-order chi connectivity index (χ1) is 4.70. The van der Waals surface area contributed by atoms with E-state index < -0.39 is 12.0 Å². The highest BCUT2D eigenvalue weighted by molar-refractivity contribution is 5.73. The molecule has 1 rings (SSSR count). The maximum atomic E-state index is 10.4. The number of nitrogens with one attached hydrogen (secondary N) is 1. The van der Waals surface area contributed by atoms with Gasteiger partial charge in [-0.2, -0.15) is 0 Å². The number of carboxylic acid groups (broad SMARTS) is 1. The minimum absolute atomic E-state index is 0.0577. The van der Waals surface area contributed by atoms with Crippen LogP contribution in [-0.4, -0.2) is 29.7 Å². The van der Waals surface area contributed by atoms with E-state index in [1.165, 1.54) is 0 Å². The van der Waals surface area contributed by atoms with E-state index in [-0.39, 0.29) is 6.04 Å². The molecule has 4 heteroatoms. The normalized spacial score (nSPS) is 33.7. The summed E-state index contributed by atoms with van der Waals surface area (Å²) >= 11 is 0. The van der Waals surface area contributed by atoms with Gasteiger partial charge in [0.05, 0.1) is 0 Å². The molecule has 0 saturated carbocycles. The molecule has 1 fully saturated rings. The summed E-state index contributed by atoms with van der Waals surface area (Å²) in [7, 11) is 0. The Morgan fingerprint density at radius 2 is 2.40 bits per heavy atom. The highest BCUT2D eigenvalue weighted by atomic mass is 16.4. The molecule has 4 N–H and O–H groups in total. The maximum absolute atomic E-state index is 10.4. The molecule has 0 aromatic carbocycles. The Bertz CT molecular complexity index is 138. The Hall–Kier alpha value is -0.610. The molecule has 58 valence electrons. The van der Waals surface area contributed by atoms with E-state index >= 15 is 0 Å². The van der Waals surface area contributed by atoms with Gasteiger partial charge in [0.25, 0.3) is 0 Å². The van der Waals surface area contributed by atoms with Crippen LogP contribution < -0.4 is 11.1 Å². The number of carboxylic acids is 1. The average molecular weight is 144 g/mol. The summed E-state index contributed by atoms with van der Waals surface area (Å²) in [5.41, 5.74) is 5.56. The first-order valence-electron chi connectivity index (χ1n) is 3.42. The van der Waals surface area contributed by atoms with E-state index in [4.69, 9.17) is 10.8 Å². The molecule has 0 aliphatic carbocycles. The van der Waals surface area contributed by atoms with E-state index in [0.29, 0.717) is 6.42 Å². The minimum atomic E-state index is -0.796. The van der Waals surface area contributed by atoms with Gasteiger partial charge in [-0.05, 0) is 19.4 Å². The number of aliphatic carboxylic acids is 1. The van der Waals surface area contributed by atoms with Crippen molar-refractivity contribution in [1.29, 1.82) is 0 Å². The van der Waals surface area contributed by atoms with Gasteiger partial charge < -0.3 is 16.2 Å². The zero-order valence-electron chi connectivity index (χ0n) is 5.71. The second-order valence-corrected chi connectivity index (χ2v) is 2.63. The highest BCUT2D eigenvalue weighted by Crippen LogP contribution is 2.05. The largest absolute Gasteiger partial charge is 0.480 e. The van der Waals surface area contributed by atoms with Crippen molar-refractivity contribution in [2.75, 3.05) is 6.54 Å². The number of nitrogens with two attached hydrogens (primary N) is 1. The summed E-state index contributed by atoms with van der Waals surface area (Å²) in [5, 5.41) is 11.4. The van der Waals surface area contributed by atoms with E-state index in [0.717, 1.165) is 13.0 Å². The maximum Gasteiger partial charge on any atom is 0.320 e. The van der Waals surface area contributed by atoms with Crippen LogP contribution in [0.25, 0.3) is 0 Å². The van der Waals surface area contributed by atoms with E-state index in [1.807, 2.05) is 0 Å². The lowest BCUT2D eigenvalue weighted by Gasteiger charge is -2.24. The van der Waals surface area contributed by atoms with E-state index in [1.54, 1.807) is 0 Å². The number of carbonyl (C=O) groups is 1. The van der Waals surface area contributed by atoms with Gasteiger partial charge in [0, 0.05) is 6.04 Å². The zero-order valence-corrected chi connectivity index (χ0v) is 5.71. The van der Waals surface area contributed by atoms with Crippen molar-refractivity contribution in [1.82, 2.24) is 5.32 Å². The van der Waals surface area contributed by atoms with Crippen molar-refractivity contribution < 1.29 is 9.90 Å². The summed E-state index contributed by atoms with van der Waals surface area (Å²) in [6.07, 6.45) is 1.43. The molecule has 1 aliphatic rings. The molecule has 0 spiro atoms. The molecule has 1 heterocycles. The Kier molecular flexibility index (Phi) is 2.24. The van der Waals surface area contributed by atoms with Crippen molar-refractivity contribution in [3.63, 3.8) is 0 Å². The average Bonchev–Trinajstić information content (AvgIpc) is 1.88. The molecule has 0 bridgehead atoms. The molecule has 2 atom stereocenters. The highest BCUT2D eigenvalue weighted by Gasteiger charge is 2.23. The monoisotopic (exact) mass is 144 g/mol. The van der Waals surface area contributed by atoms with Crippen molar-refractivity contribution >= 4 is 5.97 Å². The first kappa shape index (κ1) is 7.50. The summed E-state index contributed by atoms with van der Waals surface area (Å²) in [4.78, 5) is 10.4. The molecule has 10 heavy (non-hydrogen) atoms. The molecule has 0 radical (unpaired) electrons. The lowest BCUT2D eigenvalue weighted by atomic mass is 10.0. The zero-order chi connectivity index (χ0) is 7.56. The fraction of sp³-hybridized carbons (Fsp3) is 0.833. The molecular weight excluding hydrogens is 132 g/mol. The fourth-order valence-corrected chi connectivity index (χ4v) is 1.14. The topological polar surface area (TPSA) is 75.3 Å². The van der Waals surface area contributed by atoms with Gasteiger partial charge >= 0.3 is 5.97 Å². The van der Waals surface area contributed by atoms with Gasteiger partial charge in [0.1, 0.15) is 6.04 Å². The Morgan fingerprint density at radius 1 is 1.70 bits per heavy atom. The molecule has 1 aliphatic heterocycles. The SMILES string of the molecule is N[C@H]1CCN[C@H](C(=O)O)C1. The third-order valence-corrected chi connectivity index (χ3v) is 1.74. The van der Waals surface area contributed by atoms with Gasteiger partial charge in [-0.1, -0.05) is 0 Å². The molecule has 0 amide bonds. The number of piperidine rings is 1. The lowest BCUT2D eigenvalue weighted by Crippen LogP contribution is -2.47. The van der Waals surface area contributed by atoms with E-state index in [2.05, 4.69) is 5.32 Å². The minimum Gasteiger partial charge on any atom is -0.480 e. The van der Waals surface area contributed by atoms with Crippen LogP contribution in [0.4, 0.5) is 0 Å². The number of hydrogen-bond donors (Lipinski definition) is 3. The molecule has 0 aromatic rings. The van der Waals surface area contributed by atoms with Gasteiger partial charge in [0.2, 0.25) is 0 Å². The second kappa shape index (κ2) is 2.98. The molecule has 0 aromatic heterocycles. The van der Waals surface area contributed by atoms with Crippen LogP contribution in [0.1, 0.15) is 12.8 Å². The quantitative estimate of drug-likeness (QED) is 0.448. The van der Waals surface area contributed by atoms with Crippen LogP contribution >= 0.6 is 0 Å². The van der Waals surface area contributed by atoms with Crippen LogP contribution in [-0.2, 0) is 4.79 Å². The molecular formula is C6H12N2O2. The summed E-state index contributed by atoms with van der Waals surface area (Å²) in [6, 6.07) is -0.369. The van der Waals surface area contributed by atoms with Crippen LogP contribution in [0.3, 0.4) is 0 Å². The molecule has 1 saturated heterocycles. The van der Waals surface area contributed by atoms with Crippen LogP contribution in [0.2, 0.25) is 0 Å². The van der Waals surface area contributed by atoms with Crippen molar-refractivity contribution in [3.8, 4) is 0 Å². The number of rotatable bonds is 1. The summed E-state index contributed by atoms with van der Waals surface area (Å²) < 4.78 is 0. The summed E-state index contributed by atoms with van der Waals surface area (Å²) in [6.45, 7) is 0.720. The number of hydrogen-bond acceptors (Lipinski definition) is 3. The van der Waals surface area contributed by atoms with Crippen molar-refractivity contribution in [2.24, 2.45) is 5.73 Å². The molecule has 4 nitrogen and oxygen atoms in total. The smallest absolute Gasteiger partial charge is 0.320 e. The van der Waals surface area contributed by atoms with Gasteiger partial charge in [-0.15, -0.1) is 0 Å². The van der Waals surface area contributed by atoms with Crippen LogP contribution in [0.15, 0.2) is 0 Å². The van der Waals surface area contributed by atoms with Gasteiger partial charge in [-0.25, -0.2) is 0 Å². The Balaban J connectivity index is 2.39. The van der Waals surface area contributed by atoms with Gasteiger partial charge in [0.15, 0.2) is 0 Å². The van der Waals surface area contributed by atoms with E-state index in [9.17, 15) is 4.79 Å². The second-order valence-electron chi connectivity index (χ2n) is 2.63. The van der Waals surface area contributed by atoms with Crippen LogP contribution in [0, 0.1) is 0 Å². The predicted molar refractivity (Wildman–Crippen MR) is 36.6 cm³/mol. The third-order valence-electron chi connectivity index (χ3n) is 1.74. The van der Waals surface area contributed by atoms with Crippen molar-refractivity contribution in [2.45, 2.75) is 24.9 Å². The lowest BCUT2D eigenvalue weighted by molar-refractivity contribution is -0.140.